The number of allylic oxidation sites excluding steroid dienone is 2. The van der Waals surface area contributed by atoms with Gasteiger partial charge in [-0.1, -0.05) is 31.9 Å². The molecule has 1 atom stereocenters. The minimum Gasteiger partial charge on any atom is -0.317 e. The molecule has 76 valence electrons. The molecule has 1 N–H and O–H groups in total. The van der Waals surface area contributed by atoms with Crippen molar-refractivity contribution in [2.45, 2.75) is 46.0 Å². The van der Waals surface area contributed by atoms with Crippen molar-refractivity contribution in [3.63, 3.8) is 0 Å². The molecule has 0 heterocycles. The van der Waals surface area contributed by atoms with Crippen LogP contribution in [0.4, 0.5) is 0 Å². The lowest BCUT2D eigenvalue weighted by Gasteiger charge is -2.02. The van der Waals surface area contributed by atoms with Gasteiger partial charge in [0.05, 0.1) is 0 Å². The monoisotopic (exact) mass is 181 g/mol. The van der Waals surface area contributed by atoms with E-state index >= 15 is 0 Å². The molecule has 0 bridgehead atoms. The summed E-state index contributed by atoms with van der Waals surface area (Å²) < 4.78 is 0. The first-order valence-corrected chi connectivity index (χ1v) is 5.79. The molecule has 0 aromatic rings. The molecule has 0 aliphatic heterocycles. The molecule has 0 aromatic heterocycles. The highest BCUT2D eigenvalue weighted by Gasteiger charge is 2.21. The summed E-state index contributed by atoms with van der Waals surface area (Å²) in [7, 11) is 0. The van der Waals surface area contributed by atoms with Gasteiger partial charge in [0.25, 0.3) is 0 Å². The quantitative estimate of drug-likeness (QED) is 0.448. The van der Waals surface area contributed by atoms with Crippen LogP contribution in [0.2, 0.25) is 0 Å². The summed E-state index contributed by atoms with van der Waals surface area (Å²) in [4.78, 5) is 0. The molecular formula is C12H23N. The molecule has 0 spiro atoms. The van der Waals surface area contributed by atoms with Gasteiger partial charge in [-0.2, -0.15) is 0 Å². The van der Waals surface area contributed by atoms with E-state index in [4.69, 9.17) is 0 Å². The van der Waals surface area contributed by atoms with E-state index in [9.17, 15) is 0 Å². The number of nitrogens with one attached hydrogen (secondary N) is 1. The molecule has 1 nitrogen and oxygen atoms in total. The van der Waals surface area contributed by atoms with E-state index < -0.39 is 0 Å². The van der Waals surface area contributed by atoms with E-state index in [0.717, 1.165) is 5.92 Å². The molecule has 0 saturated carbocycles. The smallest absolute Gasteiger partial charge is 0.00197 e. The normalized spacial score (nSPS) is 20.2. The highest BCUT2D eigenvalue weighted by molar-refractivity contribution is 5.28. The van der Waals surface area contributed by atoms with Crippen LogP contribution in [-0.2, 0) is 0 Å². The lowest BCUT2D eigenvalue weighted by atomic mass is 10.1. The van der Waals surface area contributed by atoms with E-state index in [2.05, 4.69) is 25.2 Å². The first-order chi connectivity index (χ1) is 6.38. The molecule has 0 amide bonds. The van der Waals surface area contributed by atoms with Gasteiger partial charge < -0.3 is 5.32 Å². The third kappa shape index (κ3) is 4.47. The molecule has 0 aromatic carbocycles. The Morgan fingerprint density at radius 3 is 2.77 bits per heavy atom. The van der Waals surface area contributed by atoms with Crippen LogP contribution in [0, 0.1) is 5.92 Å². The number of hydrogen-bond acceptors (Lipinski definition) is 1. The van der Waals surface area contributed by atoms with Gasteiger partial charge in [-0.15, -0.1) is 0 Å². The summed E-state index contributed by atoms with van der Waals surface area (Å²) in [6.45, 7) is 6.87. The van der Waals surface area contributed by atoms with E-state index in [1.807, 2.05) is 0 Å². The second kappa shape index (κ2) is 6.20. The highest BCUT2D eigenvalue weighted by atomic mass is 14.8. The maximum absolute atomic E-state index is 3.44. The lowest BCUT2D eigenvalue weighted by molar-refractivity contribution is 0.595. The van der Waals surface area contributed by atoms with Crippen molar-refractivity contribution in [2.75, 3.05) is 13.1 Å². The van der Waals surface area contributed by atoms with Crippen molar-refractivity contribution < 1.29 is 0 Å². The summed E-state index contributed by atoms with van der Waals surface area (Å²) in [6, 6.07) is 0. The van der Waals surface area contributed by atoms with Crippen LogP contribution in [0.15, 0.2) is 11.6 Å². The minimum absolute atomic E-state index is 0.892. The Bertz CT molecular complexity index is 161. The van der Waals surface area contributed by atoms with Gasteiger partial charge in [-0.25, -0.2) is 0 Å². The zero-order valence-corrected chi connectivity index (χ0v) is 9.10. The lowest BCUT2D eigenvalue weighted by Crippen LogP contribution is -2.15. The van der Waals surface area contributed by atoms with E-state index in [1.54, 1.807) is 5.57 Å². The Labute approximate surface area is 82.6 Å². The first kappa shape index (κ1) is 10.8. The summed E-state index contributed by atoms with van der Waals surface area (Å²) in [6.07, 6.45) is 9.08. The second-order valence-corrected chi connectivity index (χ2v) is 3.99. The third-order valence-electron chi connectivity index (χ3n) is 2.62. The fourth-order valence-corrected chi connectivity index (χ4v) is 1.79. The van der Waals surface area contributed by atoms with Crippen molar-refractivity contribution in [3.05, 3.63) is 11.6 Å². The summed E-state index contributed by atoms with van der Waals surface area (Å²) in [5.74, 6) is 0.892. The topological polar surface area (TPSA) is 12.0 Å². The van der Waals surface area contributed by atoms with Gasteiger partial charge >= 0.3 is 0 Å². The van der Waals surface area contributed by atoms with E-state index in [-0.39, 0.29) is 0 Å². The molecule has 1 aliphatic carbocycles. The Hall–Kier alpha value is -0.300. The summed E-state index contributed by atoms with van der Waals surface area (Å²) in [5.41, 5.74) is 1.72. The van der Waals surface area contributed by atoms with Crippen LogP contribution in [-0.4, -0.2) is 13.1 Å². The van der Waals surface area contributed by atoms with Crippen LogP contribution in [0.1, 0.15) is 46.0 Å². The zero-order valence-electron chi connectivity index (χ0n) is 9.10. The SMILES string of the molecule is CCCNCCCC1C=C1CCC. The van der Waals surface area contributed by atoms with Gasteiger partial charge in [0, 0.05) is 0 Å². The standard InChI is InChI=1S/C12H23N/c1-3-6-11-10-12(11)7-5-9-13-8-4-2/h10,12-13H,3-9H2,1-2H3. The van der Waals surface area contributed by atoms with Crippen molar-refractivity contribution in [1.29, 1.82) is 0 Å². The highest BCUT2D eigenvalue weighted by Crippen LogP contribution is 2.36. The Morgan fingerprint density at radius 2 is 2.08 bits per heavy atom. The summed E-state index contributed by atoms with van der Waals surface area (Å²) >= 11 is 0. The van der Waals surface area contributed by atoms with Crippen molar-refractivity contribution in [1.82, 2.24) is 5.32 Å². The number of hydrogen-bond donors (Lipinski definition) is 1. The first-order valence-electron chi connectivity index (χ1n) is 5.79. The van der Waals surface area contributed by atoms with Crippen molar-refractivity contribution >= 4 is 0 Å². The minimum atomic E-state index is 0.892. The molecule has 0 fully saturated rings. The Balaban J connectivity index is 1.81. The largest absolute Gasteiger partial charge is 0.317 e. The van der Waals surface area contributed by atoms with E-state index in [1.165, 1.54) is 45.2 Å². The molecule has 0 saturated heterocycles. The molecule has 1 unspecified atom stereocenters. The Morgan fingerprint density at radius 1 is 1.23 bits per heavy atom. The van der Waals surface area contributed by atoms with Crippen LogP contribution in [0.3, 0.4) is 0 Å². The van der Waals surface area contributed by atoms with Gasteiger partial charge in [0.15, 0.2) is 0 Å². The van der Waals surface area contributed by atoms with Gasteiger partial charge in [0.1, 0.15) is 0 Å². The molecule has 1 rings (SSSR count). The summed E-state index contributed by atoms with van der Waals surface area (Å²) in [5, 5.41) is 3.44. The average Bonchev–Trinajstić information content (AvgIpc) is 2.84. The maximum Gasteiger partial charge on any atom is -0.00197 e. The predicted molar refractivity (Wildman–Crippen MR) is 58.9 cm³/mol. The fraction of sp³-hybridized carbons (Fsp3) is 0.833. The van der Waals surface area contributed by atoms with Crippen LogP contribution < -0.4 is 5.32 Å². The molecule has 1 heteroatoms. The van der Waals surface area contributed by atoms with Gasteiger partial charge in [0.2, 0.25) is 0 Å². The fourth-order valence-electron chi connectivity index (χ4n) is 1.79. The molecule has 1 aliphatic rings. The predicted octanol–water partition coefficient (Wildman–Crippen LogP) is 3.12. The van der Waals surface area contributed by atoms with Crippen molar-refractivity contribution in [3.8, 4) is 0 Å². The molecular weight excluding hydrogens is 158 g/mol. The Kier molecular flexibility index (Phi) is 5.14. The van der Waals surface area contributed by atoms with E-state index in [0.29, 0.717) is 0 Å². The van der Waals surface area contributed by atoms with Crippen LogP contribution >= 0.6 is 0 Å². The van der Waals surface area contributed by atoms with Crippen LogP contribution in [0.5, 0.6) is 0 Å². The zero-order chi connectivity index (χ0) is 9.52. The number of rotatable bonds is 8. The second-order valence-electron chi connectivity index (χ2n) is 3.99. The molecule has 13 heavy (non-hydrogen) atoms. The maximum atomic E-state index is 3.44. The third-order valence-corrected chi connectivity index (χ3v) is 2.62. The van der Waals surface area contributed by atoms with Gasteiger partial charge in [-0.3, -0.25) is 0 Å². The van der Waals surface area contributed by atoms with Crippen molar-refractivity contribution in [2.24, 2.45) is 5.92 Å². The van der Waals surface area contributed by atoms with Crippen LogP contribution in [0.25, 0.3) is 0 Å². The van der Waals surface area contributed by atoms with Gasteiger partial charge in [-0.05, 0) is 44.7 Å². The molecule has 0 radical (unpaired) electrons. The average molecular weight is 181 g/mol.